The van der Waals surface area contributed by atoms with Gasteiger partial charge in [-0.2, -0.15) is 0 Å². The maximum absolute atomic E-state index is 9.42. The van der Waals surface area contributed by atoms with Crippen molar-refractivity contribution in [3.63, 3.8) is 0 Å². The molecule has 0 aliphatic heterocycles. The molecule has 0 fully saturated rings. The van der Waals surface area contributed by atoms with Gasteiger partial charge in [0.25, 0.3) is 0 Å². The largest absolute Gasteiger partial charge is 0.508 e. The van der Waals surface area contributed by atoms with Crippen LogP contribution in [0.1, 0.15) is 12.5 Å². The van der Waals surface area contributed by atoms with Gasteiger partial charge in [0.15, 0.2) is 0 Å². The van der Waals surface area contributed by atoms with E-state index in [0.717, 1.165) is 5.56 Å². The molecule has 0 heterocycles. The molecule has 1 aromatic carbocycles. The van der Waals surface area contributed by atoms with E-state index in [4.69, 9.17) is 4.74 Å². The first-order valence-electron chi connectivity index (χ1n) is 3.78. The maximum atomic E-state index is 9.42. The van der Waals surface area contributed by atoms with Crippen molar-refractivity contribution in [3.8, 4) is 5.75 Å². The molecular formula is C10H12O2. The van der Waals surface area contributed by atoms with Gasteiger partial charge in [0, 0.05) is 0 Å². The lowest BCUT2D eigenvalue weighted by Gasteiger charge is -2.05. The Morgan fingerprint density at radius 1 is 1.42 bits per heavy atom. The van der Waals surface area contributed by atoms with Gasteiger partial charge in [-0.3, -0.25) is 0 Å². The summed E-state index contributed by atoms with van der Waals surface area (Å²) >= 11 is 0. The SMILES string of the molecule is CC=C(O)c1ccccc1OC. The molecule has 0 amide bonds. The molecule has 0 radical (unpaired) electrons. The Balaban J connectivity index is 3.13. The quantitative estimate of drug-likeness (QED) is 0.681. The molecule has 0 spiro atoms. The molecule has 2 nitrogen and oxygen atoms in total. The monoisotopic (exact) mass is 164 g/mol. The minimum absolute atomic E-state index is 0.243. The Morgan fingerprint density at radius 2 is 2.08 bits per heavy atom. The summed E-state index contributed by atoms with van der Waals surface area (Å²) in [5, 5.41) is 9.42. The first-order chi connectivity index (χ1) is 5.79. The predicted octanol–water partition coefficient (Wildman–Crippen LogP) is 2.61. The number of rotatable bonds is 2. The topological polar surface area (TPSA) is 29.5 Å². The zero-order chi connectivity index (χ0) is 8.97. The van der Waals surface area contributed by atoms with Crippen molar-refractivity contribution in [2.24, 2.45) is 0 Å². The Labute approximate surface area is 72.1 Å². The van der Waals surface area contributed by atoms with Crippen LogP contribution in [0.4, 0.5) is 0 Å². The van der Waals surface area contributed by atoms with Gasteiger partial charge in [-0.05, 0) is 25.1 Å². The summed E-state index contributed by atoms with van der Waals surface area (Å²) in [6, 6.07) is 7.35. The van der Waals surface area contributed by atoms with E-state index < -0.39 is 0 Å². The van der Waals surface area contributed by atoms with Crippen molar-refractivity contribution in [3.05, 3.63) is 35.9 Å². The molecule has 0 saturated carbocycles. The van der Waals surface area contributed by atoms with E-state index in [0.29, 0.717) is 5.75 Å². The Morgan fingerprint density at radius 3 is 2.67 bits per heavy atom. The minimum atomic E-state index is 0.243. The minimum Gasteiger partial charge on any atom is -0.508 e. The second-order valence-corrected chi connectivity index (χ2v) is 2.37. The van der Waals surface area contributed by atoms with Crippen molar-refractivity contribution < 1.29 is 9.84 Å². The first kappa shape index (κ1) is 8.65. The van der Waals surface area contributed by atoms with Gasteiger partial charge in [-0.25, -0.2) is 0 Å². The molecule has 0 aliphatic rings. The molecule has 12 heavy (non-hydrogen) atoms. The van der Waals surface area contributed by atoms with Crippen LogP contribution < -0.4 is 4.74 Å². The third-order valence-electron chi connectivity index (χ3n) is 1.66. The van der Waals surface area contributed by atoms with Crippen LogP contribution in [0.3, 0.4) is 0 Å². The molecule has 0 unspecified atom stereocenters. The number of aliphatic hydroxyl groups excluding tert-OH is 1. The molecule has 1 aromatic rings. The number of hydrogen-bond acceptors (Lipinski definition) is 2. The Hall–Kier alpha value is -1.44. The molecule has 2 heteroatoms. The summed E-state index contributed by atoms with van der Waals surface area (Å²) in [6.07, 6.45) is 1.64. The normalized spacial score (nSPS) is 11.3. The summed E-state index contributed by atoms with van der Waals surface area (Å²) in [4.78, 5) is 0. The highest BCUT2D eigenvalue weighted by Gasteiger charge is 2.03. The van der Waals surface area contributed by atoms with Crippen LogP contribution in [0, 0.1) is 0 Å². The van der Waals surface area contributed by atoms with Crippen molar-refractivity contribution in [1.82, 2.24) is 0 Å². The second kappa shape index (κ2) is 3.81. The van der Waals surface area contributed by atoms with E-state index in [9.17, 15) is 5.11 Å². The van der Waals surface area contributed by atoms with Crippen LogP contribution in [-0.2, 0) is 0 Å². The number of ether oxygens (including phenoxy) is 1. The molecular weight excluding hydrogens is 152 g/mol. The molecule has 0 bridgehead atoms. The van der Waals surface area contributed by atoms with Crippen LogP contribution in [-0.4, -0.2) is 12.2 Å². The van der Waals surface area contributed by atoms with Crippen LogP contribution in [0.15, 0.2) is 30.3 Å². The third kappa shape index (κ3) is 1.59. The summed E-state index contributed by atoms with van der Waals surface area (Å²) in [7, 11) is 1.59. The van der Waals surface area contributed by atoms with Gasteiger partial charge in [0.2, 0.25) is 0 Å². The van der Waals surface area contributed by atoms with Gasteiger partial charge in [-0.1, -0.05) is 12.1 Å². The van der Waals surface area contributed by atoms with Gasteiger partial charge in [0.1, 0.15) is 11.5 Å². The van der Waals surface area contributed by atoms with E-state index in [1.165, 1.54) is 0 Å². The average molecular weight is 164 g/mol. The van der Waals surface area contributed by atoms with Crippen molar-refractivity contribution >= 4 is 5.76 Å². The summed E-state index contributed by atoms with van der Waals surface area (Å²) in [6.45, 7) is 1.78. The van der Waals surface area contributed by atoms with E-state index in [1.807, 2.05) is 24.3 Å². The highest BCUT2D eigenvalue weighted by Crippen LogP contribution is 2.23. The number of hydrogen-bond donors (Lipinski definition) is 1. The first-order valence-corrected chi connectivity index (χ1v) is 3.78. The fourth-order valence-corrected chi connectivity index (χ4v) is 1.01. The predicted molar refractivity (Wildman–Crippen MR) is 49.3 cm³/mol. The van der Waals surface area contributed by atoms with Crippen LogP contribution in [0.25, 0.3) is 5.76 Å². The highest BCUT2D eigenvalue weighted by atomic mass is 16.5. The van der Waals surface area contributed by atoms with Gasteiger partial charge in [0.05, 0.1) is 12.7 Å². The number of methoxy groups -OCH3 is 1. The molecule has 1 N–H and O–H groups in total. The lowest BCUT2D eigenvalue weighted by atomic mass is 10.1. The Bertz CT molecular complexity index is 290. The van der Waals surface area contributed by atoms with Crippen molar-refractivity contribution in [2.75, 3.05) is 7.11 Å². The van der Waals surface area contributed by atoms with Gasteiger partial charge < -0.3 is 9.84 Å². The van der Waals surface area contributed by atoms with Crippen LogP contribution in [0.2, 0.25) is 0 Å². The number of allylic oxidation sites excluding steroid dienone is 1. The fourth-order valence-electron chi connectivity index (χ4n) is 1.01. The summed E-state index contributed by atoms with van der Waals surface area (Å²) in [5.41, 5.74) is 0.725. The zero-order valence-electron chi connectivity index (χ0n) is 7.24. The molecule has 64 valence electrons. The molecule has 0 aliphatic carbocycles. The second-order valence-electron chi connectivity index (χ2n) is 2.37. The number of aliphatic hydroxyl groups is 1. The smallest absolute Gasteiger partial charge is 0.129 e. The molecule has 1 rings (SSSR count). The summed E-state index contributed by atoms with van der Waals surface area (Å²) < 4.78 is 5.07. The highest BCUT2D eigenvalue weighted by molar-refractivity contribution is 5.64. The van der Waals surface area contributed by atoms with E-state index in [-0.39, 0.29) is 5.76 Å². The van der Waals surface area contributed by atoms with E-state index >= 15 is 0 Å². The van der Waals surface area contributed by atoms with E-state index in [1.54, 1.807) is 20.1 Å². The standard InChI is InChI=1S/C10H12O2/c1-3-9(11)8-6-4-5-7-10(8)12-2/h3-7,11H,1-2H3. The Kier molecular flexibility index (Phi) is 2.75. The van der Waals surface area contributed by atoms with Crippen molar-refractivity contribution in [2.45, 2.75) is 6.92 Å². The molecule has 0 atom stereocenters. The lowest BCUT2D eigenvalue weighted by Crippen LogP contribution is -1.89. The number of benzene rings is 1. The van der Waals surface area contributed by atoms with Crippen molar-refractivity contribution in [1.29, 1.82) is 0 Å². The zero-order valence-corrected chi connectivity index (χ0v) is 7.24. The van der Waals surface area contributed by atoms with Crippen LogP contribution >= 0.6 is 0 Å². The third-order valence-corrected chi connectivity index (χ3v) is 1.66. The lowest BCUT2D eigenvalue weighted by molar-refractivity contribution is 0.408. The maximum Gasteiger partial charge on any atom is 0.129 e. The van der Waals surface area contributed by atoms with Crippen LogP contribution in [0.5, 0.6) is 5.75 Å². The van der Waals surface area contributed by atoms with Gasteiger partial charge >= 0.3 is 0 Å². The van der Waals surface area contributed by atoms with E-state index in [2.05, 4.69) is 0 Å². The average Bonchev–Trinajstić information content (AvgIpc) is 2.16. The number of para-hydroxylation sites is 1. The summed E-state index contributed by atoms with van der Waals surface area (Å²) in [5.74, 6) is 0.931. The van der Waals surface area contributed by atoms with Gasteiger partial charge in [-0.15, -0.1) is 0 Å². The molecule has 0 saturated heterocycles. The fraction of sp³-hybridized carbons (Fsp3) is 0.200. The molecule has 0 aromatic heterocycles.